The molecular formula is C11H16N2OS. The Balaban J connectivity index is 2.87. The molecule has 0 saturated carbocycles. The molecule has 4 heteroatoms. The fraction of sp³-hybridized carbons (Fsp3) is 0.545. The minimum atomic E-state index is -0.845. The number of nitrogens with zero attached hydrogens (tertiary/aromatic N) is 2. The summed E-state index contributed by atoms with van der Waals surface area (Å²) >= 11 is 1.67. The molecule has 0 fully saturated rings. The number of aliphatic hydroxyl groups is 1. The van der Waals surface area contributed by atoms with Crippen molar-refractivity contribution in [2.45, 2.75) is 40.2 Å². The molecule has 2 heterocycles. The third-order valence-electron chi connectivity index (χ3n) is 2.69. The largest absolute Gasteiger partial charge is 0.384 e. The van der Waals surface area contributed by atoms with Crippen LogP contribution in [0.2, 0.25) is 0 Å². The van der Waals surface area contributed by atoms with Gasteiger partial charge in [0.05, 0.1) is 11.4 Å². The van der Waals surface area contributed by atoms with Gasteiger partial charge in [-0.15, -0.1) is 11.3 Å². The highest BCUT2D eigenvalue weighted by Gasteiger charge is 2.26. The summed E-state index contributed by atoms with van der Waals surface area (Å²) < 4.78 is 2.06. The molecule has 0 radical (unpaired) electrons. The van der Waals surface area contributed by atoms with Gasteiger partial charge in [-0.25, -0.2) is 4.98 Å². The molecule has 0 aromatic carbocycles. The fourth-order valence-corrected chi connectivity index (χ4v) is 2.98. The van der Waals surface area contributed by atoms with Crippen LogP contribution in [0.25, 0.3) is 4.96 Å². The fourth-order valence-electron chi connectivity index (χ4n) is 1.97. The van der Waals surface area contributed by atoms with Gasteiger partial charge in [-0.3, -0.25) is 4.40 Å². The zero-order valence-electron chi connectivity index (χ0n) is 9.75. The van der Waals surface area contributed by atoms with Crippen molar-refractivity contribution in [3.05, 3.63) is 22.0 Å². The molecule has 1 N–H and O–H groups in total. The summed E-state index contributed by atoms with van der Waals surface area (Å²) in [6.45, 7) is 9.70. The first kappa shape index (κ1) is 10.6. The molecule has 0 aliphatic carbocycles. The average molecular weight is 224 g/mol. The predicted octanol–water partition coefficient (Wildman–Crippen LogP) is 2.55. The molecule has 15 heavy (non-hydrogen) atoms. The van der Waals surface area contributed by atoms with Gasteiger partial charge in [0.15, 0.2) is 4.96 Å². The van der Waals surface area contributed by atoms with E-state index in [-0.39, 0.29) is 0 Å². The Kier molecular flexibility index (Phi) is 2.17. The maximum absolute atomic E-state index is 10.1. The van der Waals surface area contributed by atoms with E-state index in [0.717, 1.165) is 16.3 Å². The van der Waals surface area contributed by atoms with Crippen LogP contribution in [0.15, 0.2) is 0 Å². The Bertz CT molecular complexity index is 517. The van der Waals surface area contributed by atoms with E-state index in [1.54, 1.807) is 25.2 Å². The molecule has 3 nitrogen and oxygen atoms in total. The van der Waals surface area contributed by atoms with Crippen molar-refractivity contribution in [1.82, 2.24) is 9.38 Å². The summed E-state index contributed by atoms with van der Waals surface area (Å²) in [5.41, 5.74) is 2.14. The van der Waals surface area contributed by atoms with E-state index < -0.39 is 5.60 Å². The number of rotatable bonds is 1. The SMILES string of the molecule is Cc1nc2sc(C)c(C)n2c1C(C)(C)O. The second-order valence-electron chi connectivity index (χ2n) is 4.47. The number of aromatic nitrogens is 2. The molecule has 2 aromatic heterocycles. The van der Waals surface area contributed by atoms with Gasteiger partial charge in [0.25, 0.3) is 0 Å². The summed E-state index contributed by atoms with van der Waals surface area (Å²) in [4.78, 5) is 6.71. The van der Waals surface area contributed by atoms with E-state index in [1.165, 1.54) is 10.6 Å². The quantitative estimate of drug-likeness (QED) is 0.808. The zero-order chi connectivity index (χ0) is 11.4. The van der Waals surface area contributed by atoms with Gasteiger partial charge in [-0.2, -0.15) is 0 Å². The monoisotopic (exact) mass is 224 g/mol. The summed E-state index contributed by atoms with van der Waals surface area (Å²) in [6, 6.07) is 0. The summed E-state index contributed by atoms with van der Waals surface area (Å²) in [7, 11) is 0. The number of fused-ring (bicyclic) bond motifs is 1. The number of thiazole rings is 1. The highest BCUT2D eigenvalue weighted by molar-refractivity contribution is 7.17. The number of aryl methyl sites for hydroxylation is 3. The van der Waals surface area contributed by atoms with Crippen molar-refractivity contribution >= 4 is 16.3 Å². The van der Waals surface area contributed by atoms with Crippen LogP contribution in [-0.2, 0) is 5.60 Å². The van der Waals surface area contributed by atoms with Crippen LogP contribution < -0.4 is 0 Å². The maximum Gasteiger partial charge on any atom is 0.194 e. The minimum Gasteiger partial charge on any atom is -0.384 e. The molecule has 0 atom stereocenters. The van der Waals surface area contributed by atoms with E-state index in [4.69, 9.17) is 0 Å². The Hall–Kier alpha value is -0.870. The second-order valence-corrected chi connectivity index (χ2v) is 5.65. The lowest BCUT2D eigenvalue weighted by Crippen LogP contribution is -2.19. The molecule has 0 aliphatic rings. The Morgan fingerprint density at radius 3 is 2.40 bits per heavy atom. The third kappa shape index (κ3) is 1.48. The van der Waals surface area contributed by atoms with E-state index in [2.05, 4.69) is 23.2 Å². The summed E-state index contributed by atoms with van der Waals surface area (Å²) in [5, 5.41) is 10.1. The van der Waals surface area contributed by atoms with Gasteiger partial charge in [0.2, 0.25) is 0 Å². The molecular weight excluding hydrogens is 208 g/mol. The molecule has 2 aromatic rings. The van der Waals surface area contributed by atoms with E-state index in [0.29, 0.717) is 0 Å². The van der Waals surface area contributed by atoms with Gasteiger partial charge >= 0.3 is 0 Å². The number of hydrogen-bond donors (Lipinski definition) is 1. The molecule has 82 valence electrons. The Labute approximate surface area is 93.4 Å². The van der Waals surface area contributed by atoms with Gasteiger partial charge in [-0.05, 0) is 34.6 Å². The highest BCUT2D eigenvalue weighted by atomic mass is 32.1. The lowest BCUT2D eigenvalue weighted by atomic mass is 10.0. The first-order valence-electron chi connectivity index (χ1n) is 5.00. The average Bonchev–Trinajstić information content (AvgIpc) is 2.49. The second kappa shape index (κ2) is 3.06. The van der Waals surface area contributed by atoms with Crippen molar-refractivity contribution in [2.75, 3.05) is 0 Å². The maximum atomic E-state index is 10.1. The van der Waals surface area contributed by atoms with Crippen LogP contribution in [0.5, 0.6) is 0 Å². The highest BCUT2D eigenvalue weighted by Crippen LogP contribution is 2.30. The summed E-state index contributed by atoms with van der Waals surface area (Å²) in [6.07, 6.45) is 0. The molecule has 0 aliphatic heterocycles. The van der Waals surface area contributed by atoms with Crippen molar-refractivity contribution in [1.29, 1.82) is 0 Å². The van der Waals surface area contributed by atoms with Crippen molar-refractivity contribution in [2.24, 2.45) is 0 Å². The van der Waals surface area contributed by atoms with Gasteiger partial charge in [0.1, 0.15) is 5.60 Å². The van der Waals surface area contributed by atoms with E-state index >= 15 is 0 Å². The third-order valence-corrected chi connectivity index (χ3v) is 3.75. The van der Waals surface area contributed by atoms with Gasteiger partial charge < -0.3 is 5.11 Å². The smallest absolute Gasteiger partial charge is 0.194 e. The molecule has 0 unspecified atom stereocenters. The van der Waals surface area contributed by atoms with Crippen LogP contribution in [0.1, 0.15) is 35.8 Å². The first-order valence-corrected chi connectivity index (χ1v) is 5.82. The van der Waals surface area contributed by atoms with Crippen molar-refractivity contribution < 1.29 is 5.11 Å². The van der Waals surface area contributed by atoms with Crippen LogP contribution in [0.4, 0.5) is 0 Å². The summed E-state index contributed by atoms with van der Waals surface area (Å²) in [5.74, 6) is 0. The van der Waals surface area contributed by atoms with Crippen LogP contribution in [0, 0.1) is 20.8 Å². The first-order chi connectivity index (χ1) is 6.82. The number of imidazole rings is 1. The molecule has 0 saturated heterocycles. The molecule has 0 amide bonds. The topological polar surface area (TPSA) is 37.5 Å². The van der Waals surface area contributed by atoms with Gasteiger partial charge in [-0.1, -0.05) is 0 Å². The van der Waals surface area contributed by atoms with Crippen LogP contribution in [-0.4, -0.2) is 14.5 Å². The predicted molar refractivity (Wildman–Crippen MR) is 62.5 cm³/mol. The van der Waals surface area contributed by atoms with Crippen molar-refractivity contribution in [3.8, 4) is 0 Å². The molecule has 0 bridgehead atoms. The van der Waals surface area contributed by atoms with Gasteiger partial charge in [0, 0.05) is 10.6 Å². The van der Waals surface area contributed by atoms with Crippen LogP contribution in [0.3, 0.4) is 0 Å². The Morgan fingerprint density at radius 2 is 1.87 bits per heavy atom. The van der Waals surface area contributed by atoms with Crippen molar-refractivity contribution in [3.63, 3.8) is 0 Å². The zero-order valence-corrected chi connectivity index (χ0v) is 10.6. The normalized spacial score (nSPS) is 12.7. The molecule has 0 spiro atoms. The number of hydrogen-bond acceptors (Lipinski definition) is 3. The lowest BCUT2D eigenvalue weighted by molar-refractivity contribution is 0.0721. The van der Waals surface area contributed by atoms with Crippen LogP contribution >= 0.6 is 11.3 Å². The standard InChI is InChI=1S/C11H16N2OS/c1-6-9(11(4,5)14)13-7(2)8(3)15-10(13)12-6/h14H,1-5H3. The Morgan fingerprint density at radius 1 is 1.27 bits per heavy atom. The minimum absolute atomic E-state index is 0.845. The lowest BCUT2D eigenvalue weighted by Gasteiger charge is -2.18. The van der Waals surface area contributed by atoms with E-state index in [1.807, 2.05) is 6.92 Å². The van der Waals surface area contributed by atoms with E-state index in [9.17, 15) is 5.11 Å². The molecule has 2 rings (SSSR count).